The molecule has 20 heavy (non-hydrogen) atoms. The van der Waals surface area contributed by atoms with Crippen LogP contribution in [0.1, 0.15) is 36.0 Å². The molecule has 0 spiro atoms. The van der Waals surface area contributed by atoms with Crippen LogP contribution in [0.2, 0.25) is 0 Å². The van der Waals surface area contributed by atoms with Gasteiger partial charge in [-0.05, 0) is 24.5 Å². The normalized spacial score (nSPS) is 19.6. The van der Waals surface area contributed by atoms with Crippen molar-refractivity contribution >= 4 is 0 Å². The SMILES string of the molecule is CCn1ccnc1C(NN)C1OCCc2ccccc21. The summed E-state index contributed by atoms with van der Waals surface area (Å²) in [6, 6.07) is 8.24. The first kappa shape index (κ1) is 13.3. The quantitative estimate of drug-likeness (QED) is 0.657. The molecule has 0 fully saturated rings. The number of ether oxygens (including phenoxy) is 1. The summed E-state index contributed by atoms with van der Waals surface area (Å²) < 4.78 is 8.07. The molecule has 106 valence electrons. The Bertz CT molecular complexity index is 581. The van der Waals surface area contributed by atoms with E-state index in [1.54, 1.807) is 6.20 Å². The highest BCUT2D eigenvalue weighted by atomic mass is 16.5. The van der Waals surface area contributed by atoms with Gasteiger partial charge >= 0.3 is 0 Å². The number of hydrogen-bond acceptors (Lipinski definition) is 4. The minimum atomic E-state index is -0.147. The molecule has 0 saturated heterocycles. The number of aryl methyl sites for hydroxylation is 1. The van der Waals surface area contributed by atoms with Gasteiger partial charge in [0.05, 0.1) is 6.61 Å². The zero-order chi connectivity index (χ0) is 13.9. The monoisotopic (exact) mass is 272 g/mol. The van der Waals surface area contributed by atoms with Gasteiger partial charge in [-0.25, -0.2) is 10.4 Å². The fraction of sp³-hybridized carbons (Fsp3) is 0.400. The van der Waals surface area contributed by atoms with Crippen molar-refractivity contribution in [3.63, 3.8) is 0 Å². The molecule has 1 aromatic heterocycles. The maximum atomic E-state index is 5.98. The minimum Gasteiger partial charge on any atom is -0.371 e. The molecule has 2 unspecified atom stereocenters. The highest BCUT2D eigenvalue weighted by molar-refractivity contribution is 5.32. The first-order valence-corrected chi connectivity index (χ1v) is 7.01. The summed E-state index contributed by atoms with van der Waals surface area (Å²) in [6.45, 7) is 3.67. The van der Waals surface area contributed by atoms with Crippen molar-refractivity contribution in [1.82, 2.24) is 15.0 Å². The predicted octanol–water partition coefficient (Wildman–Crippen LogP) is 1.72. The number of aromatic nitrogens is 2. The maximum Gasteiger partial charge on any atom is 0.130 e. The van der Waals surface area contributed by atoms with Crippen molar-refractivity contribution in [2.45, 2.75) is 32.0 Å². The molecule has 5 nitrogen and oxygen atoms in total. The molecule has 5 heteroatoms. The van der Waals surface area contributed by atoms with Crippen molar-refractivity contribution in [1.29, 1.82) is 0 Å². The number of nitrogens with zero attached hydrogens (tertiary/aromatic N) is 2. The number of nitrogens with two attached hydrogens (primary N) is 1. The summed E-state index contributed by atoms with van der Waals surface area (Å²) in [5, 5.41) is 0. The summed E-state index contributed by atoms with van der Waals surface area (Å²) in [4.78, 5) is 4.45. The molecule has 0 bridgehead atoms. The van der Waals surface area contributed by atoms with Crippen LogP contribution in [0, 0.1) is 0 Å². The lowest BCUT2D eigenvalue weighted by Crippen LogP contribution is -2.37. The smallest absolute Gasteiger partial charge is 0.130 e. The largest absolute Gasteiger partial charge is 0.371 e. The van der Waals surface area contributed by atoms with Crippen molar-refractivity contribution in [2.24, 2.45) is 5.84 Å². The highest BCUT2D eigenvalue weighted by Crippen LogP contribution is 2.35. The molecule has 1 aliphatic heterocycles. The Balaban J connectivity index is 1.99. The number of fused-ring (bicyclic) bond motifs is 1. The lowest BCUT2D eigenvalue weighted by Gasteiger charge is -2.32. The Morgan fingerprint density at radius 2 is 2.35 bits per heavy atom. The van der Waals surface area contributed by atoms with Crippen molar-refractivity contribution in [2.75, 3.05) is 6.61 Å². The Kier molecular flexibility index (Phi) is 3.82. The van der Waals surface area contributed by atoms with Gasteiger partial charge < -0.3 is 9.30 Å². The van der Waals surface area contributed by atoms with E-state index in [1.165, 1.54) is 11.1 Å². The summed E-state index contributed by atoms with van der Waals surface area (Å²) in [6.07, 6.45) is 4.62. The van der Waals surface area contributed by atoms with Crippen LogP contribution in [-0.2, 0) is 17.7 Å². The van der Waals surface area contributed by atoms with Gasteiger partial charge in [-0.15, -0.1) is 0 Å². The van der Waals surface area contributed by atoms with Gasteiger partial charge in [0.15, 0.2) is 0 Å². The summed E-state index contributed by atoms with van der Waals surface area (Å²) >= 11 is 0. The molecule has 3 rings (SSSR count). The number of rotatable bonds is 4. The number of benzene rings is 1. The number of imidazole rings is 1. The van der Waals surface area contributed by atoms with Crippen LogP contribution in [0.3, 0.4) is 0 Å². The topological polar surface area (TPSA) is 65.1 Å². The van der Waals surface area contributed by atoms with E-state index in [0.717, 1.165) is 18.8 Å². The molecular weight excluding hydrogens is 252 g/mol. The number of hydrogen-bond donors (Lipinski definition) is 2. The summed E-state index contributed by atoms with van der Waals surface area (Å²) in [5.41, 5.74) is 5.41. The fourth-order valence-corrected chi connectivity index (χ4v) is 2.87. The van der Waals surface area contributed by atoms with Gasteiger partial charge in [0.25, 0.3) is 0 Å². The van der Waals surface area contributed by atoms with Crippen LogP contribution < -0.4 is 11.3 Å². The first-order chi connectivity index (χ1) is 9.85. The standard InChI is InChI=1S/C15H20N4O/c1-2-19-9-8-17-15(19)13(18-16)14-12-6-4-3-5-11(12)7-10-20-14/h3-6,8-9,13-14,18H,2,7,10,16H2,1H3. The zero-order valence-electron chi connectivity index (χ0n) is 11.6. The summed E-state index contributed by atoms with van der Waals surface area (Å²) in [7, 11) is 0. The predicted molar refractivity (Wildman–Crippen MR) is 76.8 cm³/mol. The Morgan fingerprint density at radius 1 is 1.50 bits per heavy atom. The minimum absolute atomic E-state index is 0.0994. The third kappa shape index (κ3) is 2.24. The molecular formula is C15H20N4O. The number of nitrogens with one attached hydrogen (secondary N) is 1. The molecule has 1 aliphatic rings. The molecule has 2 heterocycles. The van der Waals surface area contributed by atoms with Crippen molar-refractivity contribution in [3.8, 4) is 0 Å². The van der Waals surface area contributed by atoms with Gasteiger partial charge in [0, 0.05) is 18.9 Å². The third-order valence-corrected chi connectivity index (χ3v) is 3.88. The second kappa shape index (κ2) is 5.75. The maximum absolute atomic E-state index is 5.98. The Hall–Kier alpha value is -1.69. The third-order valence-electron chi connectivity index (χ3n) is 3.88. The average molecular weight is 272 g/mol. The lowest BCUT2D eigenvalue weighted by molar-refractivity contribution is 0.0118. The van der Waals surface area contributed by atoms with E-state index in [0.29, 0.717) is 6.61 Å². The molecule has 1 aromatic carbocycles. The van der Waals surface area contributed by atoms with E-state index in [2.05, 4.69) is 40.1 Å². The van der Waals surface area contributed by atoms with E-state index in [-0.39, 0.29) is 12.1 Å². The average Bonchev–Trinajstić information content (AvgIpc) is 2.97. The van der Waals surface area contributed by atoms with E-state index >= 15 is 0 Å². The number of hydrazine groups is 1. The second-order valence-electron chi connectivity index (χ2n) is 4.96. The van der Waals surface area contributed by atoms with Gasteiger partial charge in [-0.1, -0.05) is 24.3 Å². The second-order valence-corrected chi connectivity index (χ2v) is 4.96. The highest BCUT2D eigenvalue weighted by Gasteiger charge is 2.31. The first-order valence-electron chi connectivity index (χ1n) is 7.01. The van der Waals surface area contributed by atoms with Gasteiger partial charge in [0.1, 0.15) is 18.0 Å². The lowest BCUT2D eigenvalue weighted by atomic mass is 9.93. The van der Waals surface area contributed by atoms with E-state index in [4.69, 9.17) is 10.6 Å². The van der Waals surface area contributed by atoms with Crippen molar-refractivity contribution < 1.29 is 4.74 Å². The zero-order valence-corrected chi connectivity index (χ0v) is 11.6. The molecule has 0 saturated carbocycles. The van der Waals surface area contributed by atoms with Crippen LogP contribution in [0.4, 0.5) is 0 Å². The van der Waals surface area contributed by atoms with Gasteiger partial charge in [-0.2, -0.15) is 0 Å². The molecule has 3 N–H and O–H groups in total. The molecule has 0 radical (unpaired) electrons. The Morgan fingerprint density at radius 3 is 3.15 bits per heavy atom. The van der Waals surface area contributed by atoms with Crippen LogP contribution >= 0.6 is 0 Å². The summed E-state index contributed by atoms with van der Waals surface area (Å²) in [5.74, 6) is 6.71. The molecule has 0 aliphatic carbocycles. The van der Waals surface area contributed by atoms with Crippen molar-refractivity contribution in [3.05, 3.63) is 53.6 Å². The van der Waals surface area contributed by atoms with Gasteiger partial charge in [-0.3, -0.25) is 5.84 Å². The van der Waals surface area contributed by atoms with E-state index in [1.807, 2.05) is 12.3 Å². The van der Waals surface area contributed by atoms with E-state index in [9.17, 15) is 0 Å². The van der Waals surface area contributed by atoms with Crippen LogP contribution in [0.25, 0.3) is 0 Å². The van der Waals surface area contributed by atoms with Crippen LogP contribution in [-0.4, -0.2) is 16.2 Å². The van der Waals surface area contributed by atoms with Crippen LogP contribution in [0.5, 0.6) is 0 Å². The fourth-order valence-electron chi connectivity index (χ4n) is 2.87. The molecule has 0 amide bonds. The van der Waals surface area contributed by atoms with Crippen LogP contribution in [0.15, 0.2) is 36.7 Å². The Labute approximate surface area is 118 Å². The molecule has 2 atom stereocenters. The molecule has 2 aromatic rings. The van der Waals surface area contributed by atoms with Gasteiger partial charge in [0.2, 0.25) is 0 Å². The van der Waals surface area contributed by atoms with E-state index < -0.39 is 0 Å².